The highest BCUT2D eigenvalue weighted by Gasteiger charge is 2.47. The zero-order valence-corrected chi connectivity index (χ0v) is 11.8. The van der Waals surface area contributed by atoms with Crippen molar-refractivity contribution in [3.05, 3.63) is 0 Å². The van der Waals surface area contributed by atoms with Gasteiger partial charge in [0.2, 0.25) is 5.91 Å². The Bertz CT molecular complexity index is 377. The van der Waals surface area contributed by atoms with Crippen molar-refractivity contribution >= 4 is 11.9 Å². The van der Waals surface area contributed by atoms with Crippen LogP contribution in [0.5, 0.6) is 0 Å². The summed E-state index contributed by atoms with van der Waals surface area (Å²) in [6, 6.07) is -0.913. The van der Waals surface area contributed by atoms with Crippen LogP contribution in [0.3, 0.4) is 0 Å². The molecule has 0 unspecified atom stereocenters. The van der Waals surface area contributed by atoms with Gasteiger partial charge in [-0.1, -0.05) is 25.7 Å². The SMILES string of the molecule is NCC1(C(=O)N2C[C@@H](O)C[C@H]2C(=O)O)CCCCCC1. The highest BCUT2D eigenvalue weighted by Crippen LogP contribution is 2.37. The van der Waals surface area contributed by atoms with Crippen LogP contribution in [0.25, 0.3) is 0 Å². The maximum atomic E-state index is 12.8. The summed E-state index contributed by atoms with van der Waals surface area (Å²) in [7, 11) is 0. The van der Waals surface area contributed by atoms with Crippen molar-refractivity contribution in [1.82, 2.24) is 4.90 Å². The van der Waals surface area contributed by atoms with Gasteiger partial charge in [0.05, 0.1) is 11.5 Å². The lowest BCUT2D eigenvalue weighted by atomic mass is 9.79. The van der Waals surface area contributed by atoms with Crippen LogP contribution in [0.4, 0.5) is 0 Å². The van der Waals surface area contributed by atoms with Gasteiger partial charge in [-0.15, -0.1) is 0 Å². The predicted molar refractivity (Wildman–Crippen MR) is 73.0 cm³/mol. The van der Waals surface area contributed by atoms with Crippen LogP contribution in [0.2, 0.25) is 0 Å². The molecular weight excluding hydrogens is 260 g/mol. The van der Waals surface area contributed by atoms with Gasteiger partial charge >= 0.3 is 5.97 Å². The van der Waals surface area contributed by atoms with E-state index >= 15 is 0 Å². The van der Waals surface area contributed by atoms with E-state index < -0.39 is 23.5 Å². The van der Waals surface area contributed by atoms with Crippen LogP contribution in [-0.4, -0.2) is 52.2 Å². The first-order valence-electron chi connectivity index (χ1n) is 7.42. The second-order valence-corrected chi connectivity index (χ2v) is 6.10. The smallest absolute Gasteiger partial charge is 0.326 e. The number of carbonyl (C=O) groups is 2. The standard InChI is InChI=1S/C14H24N2O4/c15-9-14(5-3-1-2-4-6-14)13(20)16-8-10(17)7-11(16)12(18)19/h10-11,17H,1-9,15H2,(H,18,19)/t10-,11-/m0/s1. The summed E-state index contributed by atoms with van der Waals surface area (Å²) >= 11 is 0. The number of hydrogen-bond acceptors (Lipinski definition) is 4. The molecule has 2 aliphatic rings. The summed E-state index contributed by atoms with van der Waals surface area (Å²) in [4.78, 5) is 25.4. The first kappa shape index (κ1) is 15.3. The number of nitrogens with two attached hydrogens (primary N) is 1. The van der Waals surface area contributed by atoms with Gasteiger partial charge in [0.15, 0.2) is 0 Å². The van der Waals surface area contributed by atoms with Crippen molar-refractivity contribution in [2.24, 2.45) is 11.1 Å². The van der Waals surface area contributed by atoms with E-state index in [1.165, 1.54) is 4.90 Å². The van der Waals surface area contributed by atoms with Gasteiger partial charge in [0.25, 0.3) is 0 Å². The minimum Gasteiger partial charge on any atom is -0.480 e. The second-order valence-electron chi connectivity index (χ2n) is 6.10. The van der Waals surface area contributed by atoms with Crippen molar-refractivity contribution < 1.29 is 19.8 Å². The van der Waals surface area contributed by atoms with Crippen molar-refractivity contribution in [1.29, 1.82) is 0 Å². The summed E-state index contributed by atoms with van der Waals surface area (Å²) in [5.74, 6) is -1.22. The van der Waals surface area contributed by atoms with E-state index in [0.717, 1.165) is 38.5 Å². The number of amides is 1. The topological polar surface area (TPSA) is 104 Å². The Hall–Kier alpha value is -1.14. The van der Waals surface area contributed by atoms with E-state index in [9.17, 15) is 19.8 Å². The molecule has 2 rings (SSSR count). The van der Waals surface area contributed by atoms with Gasteiger partial charge in [-0.25, -0.2) is 4.79 Å². The van der Waals surface area contributed by atoms with Crippen LogP contribution in [0, 0.1) is 5.41 Å². The van der Waals surface area contributed by atoms with Crippen LogP contribution >= 0.6 is 0 Å². The number of carboxylic acid groups (broad SMARTS) is 1. The molecule has 114 valence electrons. The molecule has 1 saturated heterocycles. The van der Waals surface area contributed by atoms with E-state index in [4.69, 9.17) is 5.73 Å². The summed E-state index contributed by atoms with van der Waals surface area (Å²) in [5, 5.41) is 18.9. The van der Waals surface area contributed by atoms with Gasteiger partial charge in [0.1, 0.15) is 6.04 Å². The number of hydrogen-bond donors (Lipinski definition) is 3. The van der Waals surface area contributed by atoms with Crippen LogP contribution < -0.4 is 5.73 Å². The molecule has 1 saturated carbocycles. The third-order valence-electron chi connectivity index (χ3n) is 4.73. The Kier molecular flexibility index (Phi) is 4.65. The first-order valence-corrected chi connectivity index (χ1v) is 7.42. The minimum atomic E-state index is -1.05. The molecule has 2 fully saturated rings. The van der Waals surface area contributed by atoms with Gasteiger partial charge in [-0.2, -0.15) is 0 Å². The van der Waals surface area contributed by atoms with E-state index in [-0.39, 0.29) is 25.4 Å². The van der Waals surface area contributed by atoms with Gasteiger partial charge < -0.3 is 20.8 Å². The Balaban J connectivity index is 2.20. The fourth-order valence-corrected chi connectivity index (χ4v) is 3.49. The zero-order valence-electron chi connectivity index (χ0n) is 11.8. The lowest BCUT2D eigenvalue weighted by Crippen LogP contribution is -2.51. The summed E-state index contributed by atoms with van der Waals surface area (Å²) < 4.78 is 0. The number of likely N-dealkylation sites (tertiary alicyclic amines) is 1. The summed E-state index contributed by atoms with van der Waals surface area (Å²) in [5.41, 5.74) is 5.24. The molecule has 6 nitrogen and oxygen atoms in total. The number of carboxylic acids is 1. The Morgan fingerprint density at radius 2 is 1.80 bits per heavy atom. The molecule has 1 amide bonds. The molecule has 1 aliphatic heterocycles. The average molecular weight is 284 g/mol. The normalized spacial score (nSPS) is 30.0. The molecule has 0 radical (unpaired) electrons. The highest BCUT2D eigenvalue weighted by molar-refractivity contribution is 5.88. The lowest BCUT2D eigenvalue weighted by Gasteiger charge is -2.35. The molecule has 0 aromatic heterocycles. The molecule has 0 aromatic rings. The van der Waals surface area contributed by atoms with Gasteiger partial charge in [-0.3, -0.25) is 4.79 Å². The molecule has 6 heteroatoms. The maximum absolute atomic E-state index is 12.8. The molecule has 0 spiro atoms. The maximum Gasteiger partial charge on any atom is 0.326 e. The Labute approximate surface area is 118 Å². The van der Waals surface area contributed by atoms with E-state index in [2.05, 4.69) is 0 Å². The largest absolute Gasteiger partial charge is 0.480 e. The van der Waals surface area contributed by atoms with Crippen LogP contribution in [-0.2, 0) is 9.59 Å². The third kappa shape index (κ3) is 2.81. The second kappa shape index (κ2) is 6.10. The van der Waals surface area contributed by atoms with E-state index in [1.54, 1.807) is 0 Å². The number of aliphatic hydroxyl groups excluding tert-OH is 1. The summed E-state index contributed by atoms with van der Waals surface area (Å²) in [6.07, 6.45) is 4.92. The van der Waals surface area contributed by atoms with Crippen LogP contribution in [0.1, 0.15) is 44.9 Å². The number of rotatable bonds is 3. The van der Waals surface area contributed by atoms with Crippen LogP contribution in [0.15, 0.2) is 0 Å². The number of carbonyl (C=O) groups excluding carboxylic acids is 1. The molecule has 1 aliphatic carbocycles. The van der Waals surface area contributed by atoms with Crippen molar-refractivity contribution in [3.8, 4) is 0 Å². The van der Waals surface area contributed by atoms with Gasteiger partial charge in [-0.05, 0) is 12.8 Å². The van der Waals surface area contributed by atoms with Crippen molar-refractivity contribution in [3.63, 3.8) is 0 Å². The number of aliphatic carboxylic acids is 1. The lowest BCUT2D eigenvalue weighted by molar-refractivity contribution is -0.153. The molecule has 2 atom stereocenters. The zero-order chi connectivity index (χ0) is 14.8. The minimum absolute atomic E-state index is 0.109. The monoisotopic (exact) mass is 284 g/mol. The predicted octanol–water partition coefficient (Wildman–Crippen LogP) is 0.332. The quantitative estimate of drug-likeness (QED) is 0.648. The fraction of sp³-hybridized carbons (Fsp3) is 0.857. The summed E-state index contributed by atoms with van der Waals surface area (Å²) in [6.45, 7) is 0.363. The van der Waals surface area contributed by atoms with E-state index in [0.29, 0.717) is 0 Å². The Morgan fingerprint density at radius 1 is 1.20 bits per heavy atom. The number of β-amino-alcohol motifs (C(OH)–C–C–N with tert-alkyl or cyclic N) is 1. The fourth-order valence-electron chi connectivity index (χ4n) is 3.49. The van der Waals surface area contributed by atoms with E-state index in [1.807, 2.05) is 0 Å². The Morgan fingerprint density at radius 3 is 2.30 bits per heavy atom. The number of aliphatic hydroxyl groups is 1. The molecule has 20 heavy (non-hydrogen) atoms. The molecular formula is C14H24N2O4. The molecule has 1 heterocycles. The van der Waals surface area contributed by atoms with Gasteiger partial charge in [0, 0.05) is 19.5 Å². The molecule has 0 aromatic carbocycles. The average Bonchev–Trinajstić information content (AvgIpc) is 2.67. The number of nitrogens with zero attached hydrogens (tertiary/aromatic N) is 1. The third-order valence-corrected chi connectivity index (χ3v) is 4.73. The van der Waals surface area contributed by atoms with Crippen molar-refractivity contribution in [2.45, 2.75) is 57.1 Å². The van der Waals surface area contributed by atoms with Crippen molar-refractivity contribution in [2.75, 3.05) is 13.1 Å². The highest BCUT2D eigenvalue weighted by atomic mass is 16.4. The molecule has 0 bridgehead atoms. The first-order chi connectivity index (χ1) is 9.50. The molecule has 4 N–H and O–H groups in total.